The Kier molecular flexibility index (Phi) is 5.47. The molecule has 0 aliphatic heterocycles. The highest BCUT2D eigenvalue weighted by molar-refractivity contribution is 7.10. The van der Waals surface area contributed by atoms with E-state index in [2.05, 4.69) is 26.7 Å². The van der Waals surface area contributed by atoms with Crippen molar-refractivity contribution >= 4 is 23.1 Å². The quantitative estimate of drug-likeness (QED) is 0.713. The van der Waals surface area contributed by atoms with Gasteiger partial charge in [-0.3, -0.25) is 0 Å². The molecule has 7 heteroatoms. The second kappa shape index (κ2) is 7.96. The lowest BCUT2D eigenvalue weighted by Crippen LogP contribution is -2.36. The number of carbonyl (C=O) groups is 1. The van der Waals surface area contributed by atoms with Crippen LogP contribution >= 0.6 is 11.3 Å². The van der Waals surface area contributed by atoms with Gasteiger partial charge in [0.05, 0.1) is 11.7 Å². The molecular weight excluding hydrogens is 334 g/mol. The molecule has 25 heavy (non-hydrogen) atoms. The maximum atomic E-state index is 12.2. The van der Waals surface area contributed by atoms with E-state index in [0.717, 1.165) is 11.4 Å². The number of carbonyl (C=O) groups excluding carboxylic acids is 1. The summed E-state index contributed by atoms with van der Waals surface area (Å²) in [5.41, 5.74) is 1.62. The first-order valence-corrected chi connectivity index (χ1v) is 8.86. The van der Waals surface area contributed by atoms with Crippen molar-refractivity contribution in [1.82, 2.24) is 20.0 Å². The van der Waals surface area contributed by atoms with Crippen LogP contribution in [0, 0.1) is 0 Å². The Hall–Kier alpha value is -2.64. The molecule has 1 atom stereocenters. The van der Waals surface area contributed by atoms with Gasteiger partial charge in [-0.2, -0.15) is 5.10 Å². The van der Waals surface area contributed by atoms with E-state index in [1.54, 1.807) is 22.2 Å². The average Bonchev–Trinajstić information content (AvgIpc) is 3.29. The Labute approximate surface area is 151 Å². The molecular formula is C18H21N5OS. The molecule has 3 rings (SSSR count). The molecule has 0 saturated heterocycles. The highest BCUT2D eigenvalue weighted by Crippen LogP contribution is 2.22. The summed E-state index contributed by atoms with van der Waals surface area (Å²) in [4.78, 5) is 15.6. The van der Waals surface area contributed by atoms with Gasteiger partial charge in [0.1, 0.15) is 0 Å². The first kappa shape index (κ1) is 17.2. The topological polar surface area (TPSA) is 62.2 Å². The Morgan fingerprint density at radius 1 is 1.28 bits per heavy atom. The summed E-state index contributed by atoms with van der Waals surface area (Å²) in [5.74, 6) is 0. The first-order chi connectivity index (χ1) is 12.1. The maximum Gasteiger partial charge on any atom is 0.319 e. The number of hydrogen-bond donors (Lipinski definition) is 2. The minimum atomic E-state index is -0.221. The van der Waals surface area contributed by atoms with Gasteiger partial charge in [0.25, 0.3) is 0 Å². The second-order valence-corrected chi connectivity index (χ2v) is 6.81. The normalized spacial score (nSPS) is 12.1. The molecule has 1 aromatic carbocycles. The minimum absolute atomic E-state index is 0.154. The van der Waals surface area contributed by atoms with E-state index in [0.29, 0.717) is 6.54 Å². The summed E-state index contributed by atoms with van der Waals surface area (Å²) in [7, 11) is 4.02. The summed E-state index contributed by atoms with van der Waals surface area (Å²) in [6.45, 7) is 0.540. The van der Waals surface area contributed by atoms with E-state index in [1.165, 1.54) is 4.88 Å². The number of likely N-dealkylation sites (N-methyl/N-ethyl adjacent to an activating group) is 1. The number of nitrogens with one attached hydrogen (secondary N) is 2. The third-order valence-electron chi connectivity index (χ3n) is 3.82. The number of thiophene rings is 1. The van der Waals surface area contributed by atoms with Crippen molar-refractivity contribution < 1.29 is 4.79 Å². The van der Waals surface area contributed by atoms with E-state index in [-0.39, 0.29) is 12.1 Å². The molecule has 0 fully saturated rings. The molecule has 0 aliphatic rings. The van der Waals surface area contributed by atoms with Crippen molar-refractivity contribution in [2.45, 2.75) is 6.04 Å². The monoisotopic (exact) mass is 355 g/mol. The van der Waals surface area contributed by atoms with E-state index >= 15 is 0 Å². The fraction of sp³-hybridized carbons (Fsp3) is 0.222. The van der Waals surface area contributed by atoms with Crippen molar-refractivity contribution in [3.8, 4) is 5.69 Å². The smallest absolute Gasteiger partial charge is 0.319 e. The van der Waals surface area contributed by atoms with E-state index in [9.17, 15) is 4.79 Å². The molecule has 0 bridgehead atoms. The Balaban J connectivity index is 1.60. The van der Waals surface area contributed by atoms with Gasteiger partial charge in [-0.15, -0.1) is 11.3 Å². The van der Waals surface area contributed by atoms with Crippen molar-refractivity contribution in [3.05, 3.63) is 65.1 Å². The van der Waals surface area contributed by atoms with Crippen LogP contribution in [0.3, 0.4) is 0 Å². The SMILES string of the molecule is CN(C)[C@H](CNC(=O)Nc1cccc(-n2cccn2)c1)c1cccs1. The summed E-state index contributed by atoms with van der Waals surface area (Å²) in [5, 5.41) is 12.1. The first-order valence-electron chi connectivity index (χ1n) is 7.98. The van der Waals surface area contributed by atoms with Gasteiger partial charge in [0.2, 0.25) is 0 Å². The molecule has 2 amide bonds. The third-order valence-corrected chi connectivity index (χ3v) is 4.80. The van der Waals surface area contributed by atoms with E-state index in [1.807, 2.05) is 62.1 Å². The number of amides is 2. The lowest BCUT2D eigenvalue weighted by molar-refractivity contribution is 0.244. The van der Waals surface area contributed by atoms with Gasteiger partial charge >= 0.3 is 6.03 Å². The maximum absolute atomic E-state index is 12.2. The summed E-state index contributed by atoms with van der Waals surface area (Å²) in [6.07, 6.45) is 3.58. The zero-order valence-corrected chi connectivity index (χ0v) is 15.0. The lowest BCUT2D eigenvalue weighted by atomic mass is 10.2. The largest absolute Gasteiger partial charge is 0.336 e. The summed E-state index contributed by atoms with van der Waals surface area (Å²) in [6, 6.07) is 13.5. The van der Waals surface area contributed by atoms with Crippen LogP contribution in [-0.4, -0.2) is 41.4 Å². The van der Waals surface area contributed by atoms with Crippen LogP contribution in [-0.2, 0) is 0 Å². The van der Waals surface area contributed by atoms with Gasteiger partial charge in [0, 0.05) is 29.5 Å². The molecule has 0 radical (unpaired) electrons. The van der Waals surface area contributed by atoms with Crippen LogP contribution in [0.25, 0.3) is 5.69 Å². The van der Waals surface area contributed by atoms with Crippen molar-refractivity contribution in [2.24, 2.45) is 0 Å². The third kappa shape index (κ3) is 4.46. The molecule has 0 aliphatic carbocycles. The second-order valence-electron chi connectivity index (χ2n) is 5.83. The van der Waals surface area contributed by atoms with Crippen molar-refractivity contribution in [3.63, 3.8) is 0 Å². The predicted octanol–water partition coefficient (Wildman–Crippen LogP) is 3.36. The molecule has 0 unspecified atom stereocenters. The number of urea groups is 1. The number of aromatic nitrogens is 2. The van der Waals surface area contributed by atoms with E-state index in [4.69, 9.17) is 0 Å². The van der Waals surface area contributed by atoms with Gasteiger partial charge in [-0.05, 0) is 49.8 Å². The number of rotatable bonds is 6. The Morgan fingerprint density at radius 3 is 2.84 bits per heavy atom. The molecule has 2 N–H and O–H groups in total. The molecule has 130 valence electrons. The van der Waals surface area contributed by atoms with Gasteiger partial charge in [-0.25, -0.2) is 9.48 Å². The molecule has 3 aromatic rings. The number of nitrogens with zero attached hydrogens (tertiary/aromatic N) is 3. The van der Waals surface area contributed by atoms with Crippen LogP contribution in [0.15, 0.2) is 60.2 Å². The van der Waals surface area contributed by atoms with Crippen LogP contribution in [0.4, 0.5) is 10.5 Å². The van der Waals surface area contributed by atoms with Crippen LogP contribution < -0.4 is 10.6 Å². The average molecular weight is 355 g/mol. The predicted molar refractivity (Wildman–Crippen MR) is 101 cm³/mol. The lowest BCUT2D eigenvalue weighted by Gasteiger charge is -2.23. The number of anilines is 1. The Morgan fingerprint density at radius 2 is 2.16 bits per heavy atom. The fourth-order valence-corrected chi connectivity index (χ4v) is 3.45. The van der Waals surface area contributed by atoms with Gasteiger partial charge < -0.3 is 15.5 Å². The van der Waals surface area contributed by atoms with Crippen LogP contribution in [0.1, 0.15) is 10.9 Å². The van der Waals surface area contributed by atoms with Crippen molar-refractivity contribution in [2.75, 3.05) is 26.0 Å². The number of hydrogen-bond acceptors (Lipinski definition) is 4. The highest BCUT2D eigenvalue weighted by atomic mass is 32.1. The molecule has 6 nitrogen and oxygen atoms in total. The standard InChI is InChI=1S/C18H21N5OS/c1-22(2)16(17-8-4-11-25-17)13-19-18(24)21-14-6-3-7-15(12-14)23-10-5-9-20-23/h3-12,16H,13H2,1-2H3,(H2,19,21,24)/t16-/m1/s1. The molecule has 2 heterocycles. The van der Waals surface area contributed by atoms with Gasteiger partial charge in [-0.1, -0.05) is 12.1 Å². The van der Waals surface area contributed by atoms with Gasteiger partial charge in [0.15, 0.2) is 0 Å². The molecule has 2 aromatic heterocycles. The molecule has 0 spiro atoms. The summed E-state index contributed by atoms with van der Waals surface area (Å²) >= 11 is 1.69. The highest BCUT2D eigenvalue weighted by Gasteiger charge is 2.16. The zero-order valence-electron chi connectivity index (χ0n) is 14.2. The minimum Gasteiger partial charge on any atom is -0.336 e. The van der Waals surface area contributed by atoms with Crippen molar-refractivity contribution in [1.29, 1.82) is 0 Å². The summed E-state index contributed by atoms with van der Waals surface area (Å²) < 4.78 is 1.75. The fourth-order valence-electron chi connectivity index (χ4n) is 2.53. The molecule has 0 saturated carbocycles. The Bertz CT molecular complexity index is 799. The number of benzene rings is 1. The van der Waals surface area contributed by atoms with Crippen LogP contribution in [0.2, 0.25) is 0 Å². The van der Waals surface area contributed by atoms with E-state index < -0.39 is 0 Å². The van der Waals surface area contributed by atoms with Crippen LogP contribution in [0.5, 0.6) is 0 Å². The zero-order chi connectivity index (χ0) is 17.6.